The lowest BCUT2D eigenvalue weighted by Crippen LogP contribution is -2.19. The summed E-state index contributed by atoms with van der Waals surface area (Å²) < 4.78 is 1.63. The topological polar surface area (TPSA) is 60.9 Å². The van der Waals surface area contributed by atoms with Crippen molar-refractivity contribution in [2.45, 2.75) is 33.2 Å². The van der Waals surface area contributed by atoms with Crippen LogP contribution in [0.5, 0.6) is 0 Å². The molecule has 16 heavy (non-hydrogen) atoms. The lowest BCUT2D eigenvalue weighted by Gasteiger charge is -2.11. The number of rotatable bonds is 6. The fourth-order valence-electron chi connectivity index (χ4n) is 1.63. The zero-order valence-corrected chi connectivity index (χ0v) is 10.5. The van der Waals surface area contributed by atoms with E-state index in [-0.39, 0.29) is 11.7 Å². The number of nitrogens with zero attached hydrogens (tertiary/aromatic N) is 2. The molecular formula is C11H18ClN3O. The maximum atomic E-state index is 12.0. The van der Waals surface area contributed by atoms with Gasteiger partial charge in [-0.3, -0.25) is 9.48 Å². The van der Waals surface area contributed by atoms with Gasteiger partial charge in [0.05, 0.1) is 11.2 Å². The molecule has 1 heterocycles. The first-order chi connectivity index (χ1) is 7.63. The van der Waals surface area contributed by atoms with Crippen LogP contribution in [0.2, 0.25) is 5.02 Å². The van der Waals surface area contributed by atoms with E-state index < -0.39 is 0 Å². The fourth-order valence-corrected chi connectivity index (χ4v) is 1.88. The summed E-state index contributed by atoms with van der Waals surface area (Å²) in [6.45, 7) is 5.14. The van der Waals surface area contributed by atoms with Crippen LogP contribution in [-0.4, -0.2) is 22.1 Å². The van der Waals surface area contributed by atoms with Crippen LogP contribution in [-0.2, 0) is 6.54 Å². The monoisotopic (exact) mass is 243 g/mol. The van der Waals surface area contributed by atoms with Crippen LogP contribution in [0.25, 0.3) is 0 Å². The second kappa shape index (κ2) is 6.01. The number of halogens is 1. The van der Waals surface area contributed by atoms with Crippen LogP contribution in [0.3, 0.4) is 0 Å². The summed E-state index contributed by atoms with van der Waals surface area (Å²) in [6.07, 6.45) is 2.86. The molecule has 1 unspecified atom stereocenters. The van der Waals surface area contributed by atoms with Gasteiger partial charge in [-0.05, 0) is 19.4 Å². The molecule has 0 bridgehead atoms. The number of carbonyl (C=O) groups excluding carboxylic acids is 1. The lowest BCUT2D eigenvalue weighted by atomic mass is 9.98. The van der Waals surface area contributed by atoms with Gasteiger partial charge in [0, 0.05) is 13.0 Å². The Bertz CT molecular complexity index is 358. The van der Waals surface area contributed by atoms with E-state index in [0.717, 1.165) is 6.42 Å². The Morgan fingerprint density at radius 3 is 2.81 bits per heavy atom. The molecule has 1 rings (SSSR count). The first-order valence-corrected chi connectivity index (χ1v) is 5.96. The van der Waals surface area contributed by atoms with Gasteiger partial charge in [-0.15, -0.1) is 0 Å². The van der Waals surface area contributed by atoms with Crippen molar-refractivity contribution in [1.29, 1.82) is 0 Å². The molecule has 5 heteroatoms. The van der Waals surface area contributed by atoms with Crippen molar-refractivity contribution in [2.75, 3.05) is 6.54 Å². The first-order valence-electron chi connectivity index (χ1n) is 5.58. The molecule has 4 nitrogen and oxygen atoms in total. The zero-order valence-electron chi connectivity index (χ0n) is 9.74. The highest BCUT2D eigenvalue weighted by molar-refractivity contribution is 6.33. The molecule has 0 aromatic carbocycles. The van der Waals surface area contributed by atoms with Crippen molar-refractivity contribution in [1.82, 2.24) is 9.78 Å². The number of carbonyl (C=O) groups is 1. The number of hydrogen-bond acceptors (Lipinski definition) is 3. The molecule has 0 saturated carbocycles. The van der Waals surface area contributed by atoms with Gasteiger partial charge in [0.1, 0.15) is 5.69 Å². The van der Waals surface area contributed by atoms with Crippen molar-refractivity contribution >= 4 is 17.4 Å². The maximum Gasteiger partial charge on any atom is 0.182 e. The van der Waals surface area contributed by atoms with Gasteiger partial charge in [0.15, 0.2) is 5.78 Å². The summed E-state index contributed by atoms with van der Waals surface area (Å²) in [5, 5.41) is 4.48. The van der Waals surface area contributed by atoms with Crippen LogP contribution in [0.15, 0.2) is 6.20 Å². The second-order valence-corrected chi connectivity index (χ2v) is 4.20. The Hall–Kier alpha value is -0.870. The third-order valence-corrected chi connectivity index (χ3v) is 3.02. The molecule has 1 aromatic rings. The Morgan fingerprint density at radius 2 is 2.31 bits per heavy atom. The second-order valence-electron chi connectivity index (χ2n) is 3.79. The summed E-state index contributed by atoms with van der Waals surface area (Å²) in [4.78, 5) is 12.0. The van der Waals surface area contributed by atoms with E-state index in [2.05, 4.69) is 5.10 Å². The van der Waals surface area contributed by atoms with Crippen LogP contribution < -0.4 is 5.73 Å². The molecule has 2 N–H and O–H groups in total. The third kappa shape index (κ3) is 2.83. The van der Waals surface area contributed by atoms with Gasteiger partial charge < -0.3 is 5.73 Å². The smallest absolute Gasteiger partial charge is 0.182 e. The van der Waals surface area contributed by atoms with E-state index in [9.17, 15) is 4.79 Å². The molecule has 0 fully saturated rings. The first kappa shape index (κ1) is 13.2. The lowest BCUT2D eigenvalue weighted by molar-refractivity contribution is 0.0951. The van der Waals surface area contributed by atoms with Crippen molar-refractivity contribution in [3.63, 3.8) is 0 Å². The highest BCUT2D eigenvalue weighted by Crippen LogP contribution is 2.19. The Morgan fingerprint density at radius 1 is 1.62 bits per heavy atom. The molecule has 0 aliphatic carbocycles. The minimum atomic E-state index is 0.0293. The number of Topliss-reactive ketones (excluding diaryl/α,β-unsaturated/α-hetero) is 1. The molecule has 90 valence electrons. The van der Waals surface area contributed by atoms with Gasteiger partial charge in [-0.1, -0.05) is 24.9 Å². The van der Waals surface area contributed by atoms with Crippen LogP contribution >= 0.6 is 11.6 Å². The number of hydrogen-bond donors (Lipinski definition) is 1. The predicted octanol–water partition coefficient (Wildman–Crippen LogP) is 2.11. The van der Waals surface area contributed by atoms with Gasteiger partial charge in [-0.25, -0.2) is 0 Å². The van der Waals surface area contributed by atoms with Crippen LogP contribution in [0.1, 0.15) is 37.2 Å². The van der Waals surface area contributed by atoms with Crippen LogP contribution in [0.4, 0.5) is 0 Å². The van der Waals surface area contributed by atoms with Gasteiger partial charge in [0.2, 0.25) is 0 Å². The van der Waals surface area contributed by atoms with Gasteiger partial charge in [-0.2, -0.15) is 5.10 Å². The number of aryl methyl sites for hydroxylation is 1. The van der Waals surface area contributed by atoms with E-state index in [1.807, 2.05) is 13.8 Å². The summed E-state index contributed by atoms with van der Waals surface area (Å²) in [7, 11) is 0. The maximum absolute atomic E-state index is 12.0. The predicted molar refractivity (Wildman–Crippen MR) is 64.7 cm³/mol. The van der Waals surface area contributed by atoms with Crippen molar-refractivity contribution in [3.05, 3.63) is 16.9 Å². The number of nitrogens with two attached hydrogens (primary N) is 1. The van der Waals surface area contributed by atoms with E-state index >= 15 is 0 Å². The molecule has 0 aliphatic rings. The minimum absolute atomic E-state index is 0.0293. The normalized spacial score (nSPS) is 12.8. The number of ketones is 1. The van der Waals surface area contributed by atoms with Crippen molar-refractivity contribution in [2.24, 2.45) is 11.7 Å². The molecule has 0 spiro atoms. The SMILES string of the molecule is CCC(CN)CC(=O)c1c(Cl)cnn1CC. The average molecular weight is 244 g/mol. The van der Waals surface area contributed by atoms with E-state index in [1.165, 1.54) is 6.20 Å². The summed E-state index contributed by atoms with van der Waals surface area (Å²) in [6, 6.07) is 0. The fraction of sp³-hybridized carbons (Fsp3) is 0.636. The summed E-state index contributed by atoms with van der Waals surface area (Å²) >= 11 is 5.95. The standard InChI is InChI=1S/C11H18ClN3O/c1-3-8(6-13)5-10(16)11-9(12)7-14-15(11)4-2/h7-8H,3-6,13H2,1-2H3. The molecule has 0 aliphatic heterocycles. The highest BCUT2D eigenvalue weighted by atomic mass is 35.5. The molecular weight excluding hydrogens is 226 g/mol. The molecule has 0 saturated heterocycles. The van der Waals surface area contributed by atoms with E-state index in [1.54, 1.807) is 4.68 Å². The van der Waals surface area contributed by atoms with Gasteiger partial charge in [0.25, 0.3) is 0 Å². The Kier molecular flexibility index (Phi) is 4.96. The quantitative estimate of drug-likeness (QED) is 0.779. The molecule has 1 atom stereocenters. The largest absolute Gasteiger partial charge is 0.330 e. The molecule has 1 aromatic heterocycles. The summed E-state index contributed by atoms with van der Waals surface area (Å²) in [5.74, 6) is 0.255. The average Bonchev–Trinajstić information content (AvgIpc) is 2.67. The van der Waals surface area contributed by atoms with Crippen molar-refractivity contribution < 1.29 is 4.79 Å². The molecule has 0 amide bonds. The Balaban J connectivity index is 2.83. The van der Waals surface area contributed by atoms with E-state index in [4.69, 9.17) is 17.3 Å². The highest BCUT2D eigenvalue weighted by Gasteiger charge is 2.19. The van der Waals surface area contributed by atoms with Crippen molar-refractivity contribution in [3.8, 4) is 0 Å². The third-order valence-electron chi connectivity index (χ3n) is 2.74. The molecule has 0 radical (unpaired) electrons. The number of aromatic nitrogens is 2. The summed E-state index contributed by atoms with van der Waals surface area (Å²) in [5.41, 5.74) is 6.10. The van der Waals surface area contributed by atoms with Gasteiger partial charge >= 0.3 is 0 Å². The minimum Gasteiger partial charge on any atom is -0.330 e. The Labute approximate surface area is 101 Å². The van der Waals surface area contributed by atoms with E-state index in [0.29, 0.717) is 30.2 Å². The van der Waals surface area contributed by atoms with Crippen LogP contribution in [0, 0.1) is 5.92 Å². The zero-order chi connectivity index (χ0) is 12.1.